The van der Waals surface area contributed by atoms with Crippen LogP contribution in [0.3, 0.4) is 0 Å². The lowest BCUT2D eigenvalue weighted by molar-refractivity contribution is -0.105. The lowest BCUT2D eigenvalue weighted by Crippen LogP contribution is -2.54. The summed E-state index contributed by atoms with van der Waals surface area (Å²) in [6.45, 7) is 1.89. The monoisotopic (exact) mass is 333 g/mol. The van der Waals surface area contributed by atoms with Gasteiger partial charge in [0.05, 0.1) is 22.8 Å². The van der Waals surface area contributed by atoms with Crippen molar-refractivity contribution in [3.8, 4) is 0 Å². The summed E-state index contributed by atoms with van der Waals surface area (Å²) in [6, 6.07) is 2.52. The van der Waals surface area contributed by atoms with Crippen LogP contribution in [0.4, 0.5) is 4.39 Å². The Bertz CT molecular complexity index is 581. The van der Waals surface area contributed by atoms with Gasteiger partial charge in [0.1, 0.15) is 5.82 Å². The zero-order valence-electron chi connectivity index (χ0n) is 11.7. The van der Waals surface area contributed by atoms with E-state index in [0.29, 0.717) is 12.0 Å². The molecular weight excluding hydrogens is 316 g/mol. The fourth-order valence-corrected chi connectivity index (χ4v) is 4.46. The third-order valence-electron chi connectivity index (χ3n) is 5.18. The van der Waals surface area contributed by atoms with Gasteiger partial charge in [0.2, 0.25) is 0 Å². The minimum Gasteiger partial charge on any atom is -0.385 e. The highest BCUT2D eigenvalue weighted by Gasteiger charge is 2.61. The van der Waals surface area contributed by atoms with Crippen molar-refractivity contribution in [2.24, 2.45) is 11.1 Å². The Balaban J connectivity index is 2.09. The minimum atomic E-state index is -1.38. The Kier molecular flexibility index (Phi) is 3.74. The highest BCUT2D eigenvalue weighted by atomic mass is 35.5. The molecule has 2 aliphatic heterocycles. The van der Waals surface area contributed by atoms with Crippen molar-refractivity contribution in [1.29, 1.82) is 0 Å². The number of hydrogen-bond donors (Lipinski definition) is 2. The standard InChI is InChI=1S/C15H18Cl2FNO2/c1-14(20,9-4-12(18)11(17)5-10(9)16)15(7-19)6-8-2-3-13(15)21-8/h4-5,8,13,20H,2-3,6-7,19H2,1H3. The van der Waals surface area contributed by atoms with Crippen molar-refractivity contribution in [2.45, 2.75) is 44.0 Å². The second-order valence-electron chi connectivity index (χ2n) is 6.21. The maximum absolute atomic E-state index is 13.8. The normalized spacial score (nSPS) is 34.2. The van der Waals surface area contributed by atoms with Gasteiger partial charge in [-0.05, 0) is 38.3 Å². The van der Waals surface area contributed by atoms with Crippen molar-refractivity contribution < 1.29 is 14.2 Å². The van der Waals surface area contributed by atoms with Gasteiger partial charge in [0, 0.05) is 22.5 Å². The summed E-state index contributed by atoms with van der Waals surface area (Å²) in [4.78, 5) is 0. The predicted molar refractivity (Wildman–Crippen MR) is 80.0 cm³/mol. The van der Waals surface area contributed by atoms with E-state index >= 15 is 0 Å². The molecule has 0 spiro atoms. The van der Waals surface area contributed by atoms with Gasteiger partial charge in [-0.25, -0.2) is 4.39 Å². The van der Waals surface area contributed by atoms with Gasteiger partial charge in [0.25, 0.3) is 0 Å². The first kappa shape index (κ1) is 15.5. The van der Waals surface area contributed by atoms with Crippen LogP contribution in [-0.2, 0) is 10.3 Å². The molecule has 1 aromatic rings. The van der Waals surface area contributed by atoms with Gasteiger partial charge in [-0.2, -0.15) is 0 Å². The molecule has 0 aromatic heterocycles. The quantitative estimate of drug-likeness (QED) is 0.835. The number of fused-ring (bicyclic) bond motifs is 2. The van der Waals surface area contributed by atoms with Gasteiger partial charge in [0.15, 0.2) is 0 Å². The molecule has 1 aromatic carbocycles. The number of hydrogen-bond acceptors (Lipinski definition) is 3. The summed E-state index contributed by atoms with van der Waals surface area (Å²) >= 11 is 11.9. The lowest BCUT2D eigenvalue weighted by Gasteiger charge is -2.46. The lowest BCUT2D eigenvalue weighted by atomic mass is 9.61. The molecule has 21 heavy (non-hydrogen) atoms. The predicted octanol–water partition coefficient (Wildman–Crippen LogP) is 3.24. The summed E-state index contributed by atoms with van der Waals surface area (Å²) in [6.07, 6.45) is 2.47. The van der Waals surface area contributed by atoms with E-state index in [9.17, 15) is 9.50 Å². The fourth-order valence-electron chi connectivity index (χ4n) is 3.89. The Hall–Kier alpha value is -0.390. The van der Waals surface area contributed by atoms with Gasteiger partial charge >= 0.3 is 0 Å². The third kappa shape index (κ3) is 2.12. The van der Waals surface area contributed by atoms with E-state index in [1.54, 1.807) is 6.92 Å². The van der Waals surface area contributed by atoms with Gasteiger partial charge < -0.3 is 15.6 Å². The molecule has 4 atom stereocenters. The molecular formula is C15H18Cl2FNO2. The topological polar surface area (TPSA) is 55.5 Å². The molecule has 2 saturated heterocycles. The SMILES string of the molecule is CC(O)(c1cc(F)c(Cl)cc1Cl)C1(CN)CC2CCC1O2. The second kappa shape index (κ2) is 5.07. The third-order valence-corrected chi connectivity index (χ3v) is 5.79. The number of benzene rings is 1. The average Bonchev–Trinajstić information content (AvgIpc) is 3.03. The molecule has 116 valence electrons. The zero-order valence-corrected chi connectivity index (χ0v) is 13.2. The van der Waals surface area contributed by atoms with Crippen molar-refractivity contribution >= 4 is 23.2 Å². The molecule has 0 radical (unpaired) electrons. The molecule has 2 bridgehead atoms. The van der Waals surface area contributed by atoms with E-state index in [-0.39, 0.29) is 28.8 Å². The first-order chi connectivity index (χ1) is 9.81. The molecule has 3 N–H and O–H groups in total. The van der Waals surface area contributed by atoms with Crippen molar-refractivity contribution in [1.82, 2.24) is 0 Å². The maximum Gasteiger partial charge on any atom is 0.142 e. The summed E-state index contributed by atoms with van der Waals surface area (Å²) in [5.74, 6) is -0.604. The molecule has 6 heteroatoms. The van der Waals surface area contributed by atoms with E-state index in [2.05, 4.69) is 0 Å². The average molecular weight is 334 g/mol. The van der Waals surface area contributed by atoms with Crippen LogP contribution in [-0.4, -0.2) is 23.9 Å². The van der Waals surface area contributed by atoms with Gasteiger partial charge in [-0.15, -0.1) is 0 Å². The molecule has 0 saturated carbocycles. The van der Waals surface area contributed by atoms with Crippen LogP contribution in [0, 0.1) is 11.2 Å². The Morgan fingerprint density at radius 3 is 2.67 bits per heavy atom. The van der Waals surface area contributed by atoms with Crippen LogP contribution in [0.5, 0.6) is 0 Å². The Morgan fingerprint density at radius 1 is 1.43 bits per heavy atom. The zero-order chi connectivity index (χ0) is 15.4. The van der Waals surface area contributed by atoms with Crippen molar-refractivity contribution in [3.05, 3.63) is 33.6 Å². The fraction of sp³-hybridized carbons (Fsp3) is 0.600. The first-order valence-corrected chi connectivity index (χ1v) is 7.80. The largest absolute Gasteiger partial charge is 0.385 e. The Labute approximate surface area is 133 Å². The second-order valence-corrected chi connectivity index (χ2v) is 7.02. The molecule has 3 nitrogen and oxygen atoms in total. The van der Waals surface area contributed by atoms with Gasteiger partial charge in [-0.3, -0.25) is 0 Å². The number of halogens is 3. The Morgan fingerprint density at radius 2 is 2.14 bits per heavy atom. The van der Waals surface area contributed by atoms with E-state index < -0.39 is 16.8 Å². The molecule has 2 heterocycles. The summed E-state index contributed by atoms with van der Waals surface area (Å²) in [5, 5.41) is 11.4. The summed E-state index contributed by atoms with van der Waals surface area (Å²) in [7, 11) is 0. The molecule has 2 aliphatic rings. The van der Waals surface area contributed by atoms with E-state index in [1.807, 2.05) is 0 Å². The molecule has 2 fully saturated rings. The molecule has 3 rings (SSSR count). The number of aliphatic hydroxyl groups is 1. The van der Waals surface area contributed by atoms with Crippen LogP contribution >= 0.6 is 23.2 Å². The van der Waals surface area contributed by atoms with E-state index in [4.69, 9.17) is 33.7 Å². The van der Waals surface area contributed by atoms with Crippen molar-refractivity contribution in [3.63, 3.8) is 0 Å². The van der Waals surface area contributed by atoms with Crippen LogP contribution < -0.4 is 5.73 Å². The minimum absolute atomic E-state index is 0.0643. The van der Waals surface area contributed by atoms with Crippen LogP contribution in [0.25, 0.3) is 0 Å². The van der Waals surface area contributed by atoms with Crippen LogP contribution in [0.15, 0.2) is 12.1 Å². The van der Waals surface area contributed by atoms with E-state index in [1.165, 1.54) is 12.1 Å². The van der Waals surface area contributed by atoms with Gasteiger partial charge in [-0.1, -0.05) is 23.2 Å². The molecule has 0 aliphatic carbocycles. The highest BCUT2D eigenvalue weighted by Crippen LogP contribution is 2.57. The summed E-state index contributed by atoms with van der Waals surface area (Å²) in [5.41, 5.74) is 4.27. The highest BCUT2D eigenvalue weighted by molar-refractivity contribution is 6.35. The maximum atomic E-state index is 13.8. The van der Waals surface area contributed by atoms with Crippen LogP contribution in [0.2, 0.25) is 10.0 Å². The molecule has 4 unspecified atom stereocenters. The van der Waals surface area contributed by atoms with Crippen LogP contribution in [0.1, 0.15) is 31.7 Å². The smallest absolute Gasteiger partial charge is 0.142 e. The number of nitrogens with two attached hydrogens (primary N) is 1. The number of ether oxygens (including phenoxy) is 1. The summed E-state index contributed by atoms with van der Waals surface area (Å²) < 4.78 is 19.7. The first-order valence-electron chi connectivity index (χ1n) is 7.05. The molecule has 0 amide bonds. The number of rotatable bonds is 3. The van der Waals surface area contributed by atoms with E-state index in [0.717, 1.165) is 12.8 Å². The van der Waals surface area contributed by atoms with Crippen molar-refractivity contribution in [2.75, 3.05) is 6.54 Å².